The molecule has 30 heavy (non-hydrogen) atoms. The van der Waals surface area contributed by atoms with Crippen molar-refractivity contribution in [2.24, 2.45) is 7.05 Å². The van der Waals surface area contributed by atoms with E-state index in [4.69, 9.17) is 0 Å². The summed E-state index contributed by atoms with van der Waals surface area (Å²) >= 11 is 0. The van der Waals surface area contributed by atoms with Crippen LogP contribution in [-0.4, -0.2) is 69.5 Å². The third-order valence-electron chi connectivity index (χ3n) is 4.86. The molecule has 1 aliphatic heterocycles. The number of halogens is 3. The molecule has 1 fully saturated rings. The van der Waals surface area contributed by atoms with Crippen LogP contribution in [0.5, 0.6) is 5.88 Å². The van der Waals surface area contributed by atoms with Gasteiger partial charge in [-0.2, -0.15) is 18.3 Å². The van der Waals surface area contributed by atoms with Crippen molar-refractivity contribution >= 4 is 22.6 Å². The fraction of sp³-hybridized carbons (Fsp3) is 0.368. The number of ether oxygens (including phenoxy) is 1. The number of aryl methyl sites for hydroxylation is 1. The molecule has 11 heteroatoms. The van der Waals surface area contributed by atoms with Crippen LogP contribution in [0.1, 0.15) is 10.5 Å². The summed E-state index contributed by atoms with van der Waals surface area (Å²) in [6.45, 7) is 0.418. The predicted octanol–water partition coefficient (Wildman–Crippen LogP) is 2.27. The number of fused-ring (bicyclic) bond motifs is 1. The fourth-order valence-electron chi connectivity index (χ4n) is 3.40. The third-order valence-corrected chi connectivity index (χ3v) is 4.86. The van der Waals surface area contributed by atoms with Crippen LogP contribution in [0.3, 0.4) is 0 Å². The summed E-state index contributed by atoms with van der Waals surface area (Å²) in [5.74, 6) is 0.164. The number of rotatable bonds is 4. The van der Waals surface area contributed by atoms with E-state index in [1.165, 1.54) is 12.4 Å². The second-order valence-electron chi connectivity index (χ2n) is 6.89. The molecule has 0 bridgehead atoms. The highest BCUT2D eigenvalue weighted by Crippen LogP contribution is 2.23. The summed E-state index contributed by atoms with van der Waals surface area (Å²) in [4.78, 5) is 24.4. The van der Waals surface area contributed by atoms with Crippen LogP contribution in [0.15, 0.2) is 36.7 Å². The highest BCUT2D eigenvalue weighted by Gasteiger charge is 2.29. The standard InChI is InChI=1S/C19H19F3N6O2/c1-26-14-5-3-2-4-13(14)17(25-26)18(29)28-8-6-27(7-9-28)15-10-16(24-12-23-15)30-11-19(20,21)22/h2-5,10,12H,6-9,11H2,1H3. The molecule has 0 radical (unpaired) electrons. The van der Waals surface area contributed by atoms with Crippen LogP contribution in [-0.2, 0) is 7.05 Å². The van der Waals surface area contributed by atoms with Gasteiger partial charge in [0, 0.05) is 44.7 Å². The predicted molar refractivity (Wildman–Crippen MR) is 102 cm³/mol. The number of amides is 1. The first-order valence-corrected chi connectivity index (χ1v) is 9.29. The van der Waals surface area contributed by atoms with Crippen molar-refractivity contribution in [1.82, 2.24) is 24.6 Å². The first-order valence-electron chi connectivity index (χ1n) is 9.29. The van der Waals surface area contributed by atoms with Gasteiger partial charge in [0.25, 0.3) is 5.91 Å². The Morgan fingerprint density at radius 1 is 1.13 bits per heavy atom. The number of carbonyl (C=O) groups excluding carboxylic acids is 1. The van der Waals surface area contributed by atoms with Gasteiger partial charge in [0.15, 0.2) is 12.3 Å². The molecule has 8 nitrogen and oxygen atoms in total. The third kappa shape index (κ3) is 4.14. The molecule has 2 aromatic heterocycles. The van der Waals surface area contributed by atoms with Crippen LogP contribution >= 0.6 is 0 Å². The number of piperazine rings is 1. The molecule has 0 saturated carbocycles. The summed E-state index contributed by atoms with van der Waals surface area (Å²) < 4.78 is 43.4. The van der Waals surface area contributed by atoms with Crippen molar-refractivity contribution in [2.75, 3.05) is 37.7 Å². The van der Waals surface area contributed by atoms with E-state index < -0.39 is 12.8 Å². The van der Waals surface area contributed by atoms with Crippen LogP contribution in [0.4, 0.5) is 19.0 Å². The minimum absolute atomic E-state index is 0.143. The first-order chi connectivity index (χ1) is 14.3. The highest BCUT2D eigenvalue weighted by molar-refractivity contribution is 6.04. The smallest absolute Gasteiger partial charge is 0.422 e. The summed E-state index contributed by atoms with van der Waals surface area (Å²) in [6, 6.07) is 8.91. The summed E-state index contributed by atoms with van der Waals surface area (Å²) in [5, 5.41) is 5.18. The van der Waals surface area contributed by atoms with E-state index in [1.807, 2.05) is 29.2 Å². The lowest BCUT2D eigenvalue weighted by molar-refractivity contribution is -0.154. The number of hydrogen-bond donors (Lipinski definition) is 0. The Hall–Kier alpha value is -3.37. The second-order valence-corrected chi connectivity index (χ2v) is 6.89. The maximum atomic E-state index is 13.0. The van der Waals surface area contributed by atoms with Crippen molar-refractivity contribution in [3.8, 4) is 5.88 Å². The second kappa shape index (κ2) is 7.81. The lowest BCUT2D eigenvalue weighted by Gasteiger charge is -2.35. The number of para-hydroxylation sites is 1. The van der Waals surface area contributed by atoms with E-state index in [0.717, 1.165) is 10.9 Å². The number of hydrogen-bond acceptors (Lipinski definition) is 6. The lowest BCUT2D eigenvalue weighted by atomic mass is 10.2. The summed E-state index contributed by atoms with van der Waals surface area (Å²) in [5.41, 5.74) is 1.29. The van der Waals surface area contributed by atoms with Crippen molar-refractivity contribution in [3.05, 3.63) is 42.4 Å². The fourth-order valence-corrected chi connectivity index (χ4v) is 3.40. The van der Waals surface area contributed by atoms with Gasteiger partial charge in [-0.25, -0.2) is 9.97 Å². The Labute approximate surface area is 169 Å². The number of benzene rings is 1. The molecule has 4 rings (SSSR count). The molecule has 0 N–H and O–H groups in total. The molecule has 0 unspecified atom stereocenters. The highest BCUT2D eigenvalue weighted by atomic mass is 19.4. The average Bonchev–Trinajstić information content (AvgIpc) is 3.08. The number of alkyl halides is 3. The minimum atomic E-state index is -4.44. The Morgan fingerprint density at radius 3 is 2.60 bits per heavy atom. The van der Waals surface area contributed by atoms with Crippen LogP contribution in [0.2, 0.25) is 0 Å². The van der Waals surface area contributed by atoms with Gasteiger partial charge in [0.2, 0.25) is 5.88 Å². The van der Waals surface area contributed by atoms with E-state index >= 15 is 0 Å². The Kier molecular flexibility index (Phi) is 5.18. The molecule has 1 aromatic carbocycles. The number of aromatic nitrogens is 4. The van der Waals surface area contributed by atoms with Crippen LogP contribution in [0.25, 0.3) is 10.9 Å². The first kappa shape index (κ1) is 19.9. The molecule has 158 valence electrons. The Morgan fingerprint density at radius 2 is 1.87 bits per heavy atom. The maximum Gasteiger partial charge on any atom is 0.422 e. The van der Waals surface area contributed by atoms with Gasteiger partial charge < -0.3 is 14.5 Å². The van der Waals surface area contributed by atoms with Crippen LogP contribution < -0.4 is 9.64 Å². The van der Waals surface area contributed by atoms with Gasteiger partial charge >= 0.3 is 6.18 Å². The van der Waals surface area contributed by atoms with Crippen molar-refractivity contribution in [3.63, 3.8) is 0 Å². The van der Waals surface area contributed by atoms with Gasteiger partial charge in [0.05, 0.1) is 5.52 Å². The van der Waals surface area contributed by atoms with Crippen LogP contribution in [0, 0.1) is 0 Å². The van der Waals surface area contributed by atoms with Gasteiger partial charge in [0.1, 0.15) is 12.1 Å². The number of anilines is 1. The summed E-state index contributed by atoms with van der Waals surface area (Å²) in [6.07, 6.45) is -3.27. The molecule has 0 aliphatic carbocycles. The largest absolute Gasteiger partial charge is 0.468 e. The van der Waals surface area contributed by atoms with E-state index in [0.29, 0.717) is 37.7 Å². The number of nitrogens with zero attached hydrogens (tertiary/aromatic N) is 6. The van der Waals surface area contributed by atoms with Crippen molar-refractivity contribution in [2.45, 2.75) is 6.18 Å². The molecule has 1 aliphatic rings. The monoisotopic (exact) mass is 420 g/mol. The quantitative estimate of drug-likeness (QED) is 0.645. The molecular weight excluding hydrogens is 401 g/mol. The van der Waals surface area contributed by atoms with E-state index in [9.17, 15) is 18.0 Å². The topological polar surface area (TPSA) is 76.4 Å². The maximum absolute atomic E-state index is 13.0. The number of carbonyl (C=O) groups is 1. The zero-order valence-electron chi connectivity index (χ0n) is 16.1. The zero-order valence-corrected chi connectivity index (χ0v) is 16.1. The van der Waals surface area contributed by atoms with Crippen molar-refractivity contribution < 1.29 is 22.7 Å². The molecule has 0 spiro atoms. The van der Waals surface area contributed by atoms with E-state index in [2.05, 4.69) is 19.8 Å². The van der Waals surface area contributed by atoms with Gasteiger partial charge in [-0.05, 0) is 6.07 Å². The normalized spacial score (nSPS) is 14.9. The molecule has 1 saturated heterocycles. The van der Waals surface area contributed by atoms with Gasteiger partial charge in [-0.1, -0.05) is 18.2 Å². The molecule has 3 heterocycles. The minimum Gasteiger partial charge on any atom is -0.468 e. The van der Waals surface area contributed by atoms with Gasteiger partial charge in [-0.3, -0.25) is 9.48 Å². The van der Waals surface area contributed by atoms with E-state index in [1.54, 1.807) is 16.6 Å². The molecule has 1 amide bonds. The molecule has 3 aromatic rings. The van der Waals surface area contributed by atoms with Gasteiger partial charge in [-0.15, -0.1) is 0 Å². The molecular formula is C19H19F3N6O2. The van der Waals surface area contributed by atoms with Crippen molar-refractivity contribution in [1.29, 1.82) is 0 Å². The molecule has 0 atom stereocenters. The lowest BCUT2D eigenvalue weighted by Crippen LogP contribution is -2.49. The summed E-state index contributed by atoms with van der Waals surface area (Å²) in [7, 11) is 1.80. The average molecular weight is 420 g/mol. The zero-order chi connectivity index (χ0) is 21.3. The SMILES string of the molecule is Cn1nc(C(=O)N2CCN(c3cc(OCC(F)(F)F)ncn3)CC2)c2ccccc21. The Balaban J connectivity index is 1.42. The van der Waals surface area contributed by atoms with E-state index in [-0.39, 0.29) is 11.8 Å². The Bertz CT molecular complexity index is 1060.